The lowest BCUT2D eigenvalue weighted by molar-refractivity contribution is -0.386. The van der Waals surface area contributed by atoms with Crippen LogP contribution in [0, 0.1) is 10.1 Å². The average molecular weight is 277 g/mol. The molecule has 7 heteroatoms. The average Bonchev–Trinajstić information content (AvgIpc) is 2.19. The Balaban J connectivity index is 3.06. The molecule has 0 aliphatic rings. The maximum atomic E-state index is 10.6. The van der Waals surface area contributed by atoms with Gasteiger partial charge in [-0.1, -0.05) is 0 Å². The summed E-state index contributed by atoms with van der Waals surface area (Å²) in [5.74, 6) is 4.47. The van der Waals surface area contributed by atoms with Crippen molar-refractivity contribution in [2.75, 3.05) is 6.61 Å². The summed E-state index contributed by atoms with van der Waals surface area (Å²) in [6, 6.07) is 2.88. The smallest absolute Gasteiger partial charge is 0.312 e. The molecule has 82 valence electrons. The Kier molecular flexibility index (Phi) is 4.01. The number of nitrogens with two attached hydrogens (primary N) is 1. The SMILES string of the molecule is NOCCc1cc(Br)c(O)c([N+](=O)[O-])c1. The van der Waals surface area contributed by atoms with Crippen molar-refractivity contribution in [1.82, 2.24) is 0 Å². The van der Waals surface area contributed by atoms with Crippen molar-refractivity contribution in [3.05, 3.63) is 32.3 Å². The molecule has 15 heavy (non-hydrogen) atoms. The predicted octanol–water partition coefficient (Wildman–Crippen LogP) is 1.50. The highest BCUT2D eigenvalue weighted by Gasteiger charge is 2.17. The largest absolute Gasteiger partial charge is 0.501 e. The van der Waals surface area contributed by atoms with E-state index in [-0.39, 0.29) is 22.5 Å². The van der Waals surface area contributed by atoms with E-state index in [1.807, 2.05) is 0 Å². The number of phenolic OH excluding ortho intramolecular Hbond substituents is 1. The quantitative estimate of drug-likeness (QED) is 0.641. The van der Waals surface area contributed by atoms with Gasteiger partial charge in [-0.05, 0) is 34.0 Å². The monoisotopic (exact) mass is 276 g/mol. The lowest BCUT2D eigenvalue weighted by Crippen LogP contribution is -2.04. The Labute approximate surface area is 93.9 Å². The van der Waals surface area contributed by atoms with Crippen LogP contribution in [-0.2, 0) is 11.3 Å². The summed E-state index contributed by atoms with van der Waals surface area (Å²) in [5.41, 5.74) is 0.327. The van der Waals surface area contributed by atoms with Gasteiger partial charge in [0.15, 0.2) is 0 Å². The van der Waals surface area contributed by atoms with E-state index in [0.29, 0.717) is 12.0 Å². The number of rotatable bonds is 4. The Morgan fingerprint density at radius 3 is 2.80 bits per heavy atom. The molecule has 1 aromatic rings. The van der Waals surface area contributed by atoms with Crippen molar-refractivity contribution in [2.24, 2.45) is 5.90 Å². The first kappa shape index (κ1) is 11.9. The van der Waals surface area contributed by atoms with Crippen molar-refractivity contribution in [2.45, 2.75) is 6.42 Å². The number of nitrogens with zero attached hydrogens (tertiary/aromatic N) is 1. The number of nitro benzene ring substituents is 1. The highest BCUT2D eigenvalue weighted by Crippen LogP contribution is 2.34. The molecule has 3 N–H and O–H groups in total. The van der Waals surface area contributed by atoms with E-state index in [4.69, 9.17) is 5.90 Å². The standard InChI is InChI=1S/C8H9BrN2O4/c9-6-3-5(1-2-15-10)4-7(8(6)12)11(13)14/h3-4,12H,1-2,10H2. The zero-order chi connectivity index (χ0) is 11.4. The second-order valence-electron chi connectivity index (χ2n) is 2.82. The van der Waals surface area contributed by atoms with Gasteiger partial charge in [0.2, 0.25) is 5.75 Å². The molecule has 0 spiro atoms. The van der Waals surface area contributed by atoms with Crippen LogP contribution in [0.3, 0.4) is 0 Å². The normalized spacial score (nSPS) is 10.3. The van der Waals surface area contributed by atoms with E-state index in [2.05, 4.69) is 20.8 Å². The summed E-state index contributed by atoms with van der Waals surface area (Å²) < 4.78 is 0.281. The van der Waals surface area contributed by atoms with Crippen molar-refractivity contribution < 1.29 is 14.9 Å². The van der Waals surface area contributed by atoms with Gasteiger partial charge in [0.05, 0.1) is 16.0 Å². The number of benzene rings is 1. The summed E-state index contributed by atoms with van der Waals surface area (Å²) >= 11 is 3.03. The molecule has 1 aromatic carbocycles. The molecule has 0 radical (unpaired) electrons. The predicted molar refractivity (Wildman–Crippen MR) is 56.3 cm³/mol. The van der Waals surface area contributed by atoms with Gasteiger partial charge in [-0.25, -0.2) is 5.90 Å². The lowest BCUT2D eigenvalue weighted by atomic mass is 10.1. The fourth-order valence-electron chi connectivity index (χ4n) is 1.10. The Bertz CT molecular complexity index is 383. The molecule has 6 nitrogen and oxygen atoms in total. The fourth-order valence-corrected chi connectivity index (χ4v) is 1.60. The second kappa shape index (κ2) is 5.06. The molecule has 0 saturated carbocycles. The van der Waals surface area contributed by atoms with Crippen LogP contribution in [0.4, 0.5) is 5.69 Å². The van der Waals surface area contributed by atoms with Crippen LogP contribution < -0.4 is 5.90 Å². The minimum absolute atomic E-state index is 0.258. The van der Waals surface area contributed by atoms with Gasteiger partial charge in [0.1, 0.15) is 0 Å². The number of aromatic hydroxyl groups is 1. The molecule has 0 aromatic heterocycles. The van der Waals surface area contributed by atoms with Crippen LogP contribution in [-0.4, -0.2) is 16.6 Å². The van der Waals surface area contributed by atoms with Crippen LogP contribution in [0.2, 0.25) is 0 Å². The summed E-state index contributed by atoms with van der Waals surface area (Å²) in [6.07, 6.45) is 0.441. The van der Waals surface area contributed by atoms with E-state index >= 15 is 0 Å². The molecular weight excluding hydrogens is 268 g/mol. The molecule has 0 saturated heterocycles. The zero-order valence-electron chi connectivity index (χ0n) is 7.64. The molecular formula is C8H9BrN2O4. The molecule has 0 aliphatic carbocycles. The summed E-state index contributed by atoms with van der Waals surface area (Å²) in [6.45, 7) is 0.258. The highest BCUT2D eigenvalue weighted by atomic mass is 79.9. The molecule has 0 unspecified atom stereocenters. The van der Waals surface area contributed by atoms with Crippen molar-refractivity contribution in [1.29, 1.82) is 0 Å². The fraction of sp³-hybridized carbons (Fsp3) is 0.250. The van der Waals surface area contributed by atoms with Gasteiger partial charge < -0.3 is 9.94 Å². The van der Waals surface area contributed by atoms with E-state index in [0.717, 1.165) is 0 Å². The zero-order valence-corrected chi connectivity index (χ0v) is 9.23. The topological polar surface area (TPSA) is 98.6 Å². The molecule has 0 heterocycles. The molecule has 0 amide bonds. The van der Waals surface area contributed by atoms with Crippen molar-refractivity contribution >= 4 is 21.6 Å². The third kappa shape index (κ3) is 2.88. The molecule has 0 aliphatic heterocycles. The number of hydrogen-bond acceptors (Lipinski definition) is 5. The Morgan fingerprint density at radius 2 is 2.27 bits per heavy atom. The first-order valence-corrected chi connectivity index (χ1v) is 4.83. The van der Waals surface area contributed by atoms with E-state index in [1.54, 1.807) is 6.07 Å². The van der Waals surface area contributed by atoms with E-state index < -0.39 is 4.92 Å². The lowest BCUT2D eigenvalue weighted by Gasteiger charge is -2.03. The summed E-state index contributed by atoms with van der Waals surface area (Å²) in [7, 11) is 0. The van der Waals surface area contributed by atoms with Crippen molar-refractivity contribution in [3.63, 3.8) is 0 Å². The van der Waals surface area contributed by atoms with Crippen LogP contribution >= 0.6 is 15.9 Å². The van der Waals surface area contributed by atoms with Crippen LogP contribution in [0.1, 0.15) is 5.56 Å². The Hall–Kier alpha value is -1.18. The molecule has 0 atom stereocenters. The first-order valence-electron chi connectivity index (χ1n) is 4.03. The van der Waals surface area contributed by atoms with Gasteiger partial charge in [-0.2, -0.15) is 0 Å². The summed E-state index contributed by atoms with van der Waals surface area (Å²) in [4.78, 5) is 14.3. The van der Waals surface area contributed by atoms with Gasteiger partial charge in [-0.15, -0.1) is 0 Å². The van der Waals surface area contributed by atoms with Crippen LogP contribution in [0.25, 0.3) is 0 Å². The van der Waals surface area contributed by atoms with Crippen LogP contribution in [0.15, 0.2) is 16.6 Å². The molecule has 1 rings (SSSR count). The minimum atomic E-state index is -0.646. The molecule has 0 bridgehead atoms. The van der Waals surface area contributed by atoms with Crippen molar-refractivity contribution in [3.8, 4) is 5.75 Å². The minimum Gasteiger partial charge on any atom is -0.501 e. The first-order chi connectivity index (χ1) is 7.06. The van der Waals surface area contributed by atoms with Gasteiger partial charge in [0.25, 0.3) is 0 Å². The van der Waals surface area contributed by atoms with E-state index in [1.165, 1.54) is 6.07 Å². The van der Waals surface area contributed by atoms with Crippen LogP contribution in [0.5, 0.6) is 5.75 Å². The maximum Gasteiger partial charge on any atom is 0.312 e. The Morgan fingerprint density at radius 1 is 1.60 bits per heavy atom. The van der Waals surface area contributed by atoms with Gasteiger partial charge in [0, 0.05) is 6.07 Å². The van der Waals surface area contributed by atoms with Gasteiger partial charge in [-0.3, -0.25) is 10.1 Å². The second-order valence-corrected chi connectivity index (χ2v) is 3.68. The summed E-state index contributed by atoms with van der Waals surface area (Å²) in [5, 5.41) is 19.9. The number of halogens is 1. The van der Waals surface area contributed by atoms with E-state index in [9.17, 15) is 15.2 Å². The number of phenols is 1. The number of nitro groups is 1. The maximum absolute atomic E-state index is 10.6. The van der Waals surface area contributed by atoms with Gasteiger partial charge >= 0.3 is 5.69 Å². The molecule has 0 fully saturated rings. The third-order valence-electron chi connectivity index (χ3n) is 1.81. The highest BCUT2D eigenvalue weighted by molar-refractivity contribution is 9.10. The third-order valence-corrected chi connectivity index (χ3v) is 2.41. The number of hydrogen-bond donors (Lipinski definition) is 2.